The highest BCUT2D eigenvalue weighted by Gasteiger charge is 2.17. The van der Waals surface area contributed by atoms with Gasteiger partial charge in [-0.05, 0) is 33.1 Å². The summed E-state index contributed by atoms with van der Waals surface area (Å²) in [5.41, 5.74) is 0. The van der Waals surface area contributed by atoms with Crippen LogP contribution in [0.2, 0.25) is 0 Å². The SMILES string of the molecule is [CH]C(SCCOC(=O)C(C)CC(C)C)C(=O)NC(C)C. The summed E-state index contributed by atoms with van der Waals surface area (Å²) in [6, 6.07) is 0.0730. The molecule has 116 valence electrons. The molecule has 1 amide bonds. The summed E-state index contributed by atoms with van der Waals surface area (Å²) >= 11 is 1.28. The molecule has 1 N–H and O–H groups in total. The number of thioether (sulfide) groups is 1. The Bertz CT molecular complexity index is 305. The van der Waals surface area contributed by atoms with E-state index in [1.165, 1.54) is 11.8 Å². The van der Waals surface area contributed by atoms with Crippen LogP contribution < -0.4 is 5.32 Å². The van der Waals surface area contributed by atoms with E-state index in [0.29, 0.717) is 11.7 Å². The van der Waals surface area contributed by atoms with Crippen LogP contribution in [-0.2, 0) is 14.3 Å². The normalized spacial score (nSPS) is 14.2. The molecule has 4 nitrogen and oxygen atoms in total. The Labute approximate surface area is 127 Å². The van der Waals surface area contributed by atoms with Crippen LogP contribution in [0.1, 0.15) is 41.0 Å². The van der Waals surface area contributed by atoms with Gasteiger partial charge >= 0.3 is 5.97 Å². The fraction of sp³-hybridized carbons (Fsp3) is 0.800. The van der Waals surface area contributed by atoms with Gasteiger partial charge in [-0.25, -0.2) is 0 Å². The van der Waals surface area contributed by atoms with Crippen molar-refractivity contribution in [2.24, 2.45) is 11.8 Å². The Morgan fingerprint density at radius 2 is 1.80 bits per heavy atom. The van der Waals surface area contributed by atoms with Gasteiger partial charge in [-0.3, -0.25) is 9.59 Å². The molecule has 0 aromatic carbocycles. The predicted molar refractivity (Wildman–Crippen MR) is 83.4 cm³/mol. The Morgan fingerprint density at radius 1 is 1.20 bits per heavy atom. The first-order valence-electron chi connectivity index (χ1n) is 7.08. The van der Waals surface area contributed by atoms with Crippen molar-refractivity contribution in [3.05, 3.63) is 6.92 Å². The first kappa shape index (κ1) is 19.3. The van der Waals surface area contributed by atoms with Gasteiger partial charge < -0.3 is 10.1 Å². The van der Waals surface area contributed by atoms with Crippen molar-refractivity contribution in [3.8, 4) is 0 Å². The molecule has 2 unspecified atom stereocenters. The highest BCUT2D eigenvalue weighted by Crippen LogP contribution is 2.14. The summed E-state index contributed by atoms with van der Waals surface area (Å²) in [5.74, 6) is 0.536. The fourth-order valence-corrected chi connectivity index (χ4v) is 2.36. The molecule has 0 aromatic heterocycles. The van der Waals surface area contributed by atoms with Gasteiger partial charge in [0.25, 0.3) is 0 Å². The summed E-state index contributed by atoms with van der Waals surface area (Å²) in [6.45, 7) is 15.8. The topological polar surface area (TPSA) is 55.4 Å². The molecule has 2 atom stereocenters. The molecule has 2 radical (unpaired) electrons. The smallest absolute Gasteiger partial charge is 0.308 e. The number of rotatable bonds is 9. The highest BCUT2D eigenvalue weighted by atomic mass is 32.2. The number of hydrogen-bond donors (Lipinski definition) is 1. The third-order valence-electron chi connectivity index (χ3n) is 2.54. The van der Waals surface area contributed by atoms with Gasteiger partial charge in [0, 0.05) is 11.8 Å². The minimum absolute atomic E-state index is 0.0730. The summed E-state index contributed by atoms with van der Waals surface area (Å²) < 4.78 is 5.17. The molecule has 20 heavy (non-hydrogen) atoms. The van der Waals surface area contributed by atoms with Crippen LogP contribution >= 0.6 is 11.8 Å². The van der Waals surface area contributed by atoms with Crippen molar-refractivity contribution in [1.82, 2.24) is 5.32 Å². The molecular weight excluding hydrogens is 274 g/mol. The summed E-state index contributed by atoms with van der Waals surface area (Å²) in [6.07, 6.45) is 0.822. The van der Waals surface area contributed by atoms with E-state index in [-0.39, 0.29) is 30.4 Å². The second kappa shape index (κ2) is 10.1. The van der Waals surface area contributed by atoms with Crippen molar-refractivity contribution < 1.29 is 14.3 Å². The van der Waals surface area contributed by atoms with E-state index in [4.69, 9.17) is 11.7 Å². The molecule has 0 heterocycles. The molecule has 0 rings (SSSR count). The number of carbonyl (C=O) groups is 2. The first-order valence-corrected chi connectivity index (χ1v) is 8.13. The molecule has 0 aromatic rings. The molecule has 5 heteroatoms. The lowest BCUT2D eigenvalue weighted by atomic mass is 9.99. The van der Waals surface area contributed by atoms with E-state index in [1.54, 1.807) is 0 Å². The Balaban J connectivity index is 3.80. The van der Waals surface area contributed by atoms with Gasteiger partial charge in [-0.1, -0.05) is 20.8 Å². The summed E-state index contributed by atoms with van der Waals surface area (Å²) in [4.78, 5) is 23.2. The second-order valence-electron chi connectivity index (χ2n) is 5.65. The molecule has 0 saturated carbocycles. The zero-order valence-corrected chi connectivity index (χ0v) is 14.0. The van der Waals surface area contributed by atoms with Crippen molar-refractivity contribution in [2.45, 2.75) is 52.3 Å². The Kier molecular flexibility index (Phi) is 9.72. The van der Waals surface area contributed by atoms with Gasteiger partial charge in [0.2, 0.25) is 5.91 Å². The van der Waals surface area contributed by atoms with Gasteiger partial charge in [-0.2, -0.15) is 0 Å². The quantitative estimate of drug-likeness (QED) is 0.525. The van der Waals surface area contributed by atoms with Crippen molar-refractivity contribution in [1.29, 1.82) is 0 Å². The molecule has 0 aliphatic heterocycles. The van der Waals surface area contributed by atoms with Gasteiger partial charge in [-0.15, -0.1) is 11.8 Å². The lowest BCUT2D eigenvalue weighted by Gasteiger charge is -2.15. The minimum Gasteiger partial charge on any atom is -0.465 e. The summed E-state index contributed by atoms with van der Waals surface area (Å²) in [5, 5.41) is 2.12. The van der Waals surface area contributed by atoms with Gasteiger partial charge in [0.15, 0.2) is 0 Å². The van der Waals surface area contributed by atoms with E-state index >= 15 is 0 Å². The number of amides is 1. The fourth-order valence-electron chi connectivity index (χ4n) is 1.71. The maximum Gasteiger partial charge on any atom is 0.308 e. The zero-order valence-electron chi connectivity index (χ0n) is 13.1. The Morgan fingerprint density at radius 3 is 2.30 bits per heavy atom. The maximum atomic E-state index is 11.7. The molecule has 0 aliphatic carbocycles. The third kappa shape index (κ3) is 9.23. The molecule has 0 spiro atoms. The van der Waals surface area contributed by atoms with Crippen LogP contribution in [0.15, 0.2) is 0 Å². The average molecular weight is 301 g/mol. The van der Waals surface area contributed by atoms with E-state index < -0.39 is 5.25 Å². The number of ether oxygens (including phenoxy) is 1. The van der Waals surface area contributed by atoms with E-state index in [2.05, 4.69) is 19.2 Å². The largest absolute Gasteiger partial charge is 0.465 e. The van der Waals surface area contributed by atoms with Crippen molar-refractivity contribution in [3.63, 3.8) is 0 Å². The van der Waals surface area contributed by atoms with Crippen LogP contribution in [-0.4, -0.2) is 35.5 Å². The number of carbonyl (C=O) groups excluding carboxylic acids is 2. The lowest BCUT2D eigenvalue weighted by Crippen LogP contribution is -2.36. The molecule has 0 saturated heterocycles. The average Bonchev–Trinajstić information content (AvgIpc) is 2.32. The van der Waals surface area contributed by atoms with Crippen LogP contribution in [0.4, 0.5) is 0 Å². The molecule has 0 aliphatic rings. The molecule has 0 bridgehead atoms. The van der Waals surface area contributed by atoms with Crippen molar-refractivity contribution >= 4 is 23.6 Å². The second-order valence-corrected chi connectivity index (χ2v) is 6.90. The van der Waals surface area contributed by atoms with Crippen LogP contribution in [0.3, 0.4) is 0 Å². The van der Waals surface area contributed by atoms with Crippen LogP contribution in [0.25, 0.3) is 0 Å². The van der Waals surface area contributed by atoms with Gasteiger partial charge in [0.1, 0.15) is 6.61 Å². The van der Waals surface area contributed by atoms with Crippen LogP contribution in [0, 0.1) is 18.8 Å². The predicted octanol–water partition coefficient (Wildman–Crippen LogP) is 2.55. The minimum atomic E-state index is -0.621. The van der Waals surface area contributed by atoms with Crippen molar-refractivity contribution in [2.75, 3.05) is 12.4 Å². The highest BCUT2D eigenvalue weighted by molar-refractivity contribution is 8.00. The maximum absolute atomic E-state index is 11.7. The van der Waals surface area contributed by atoms with E-state index in [9.17, 15) is 9.59 Å². The number of esters is 1. The summed E-state index contributed by atoms with van der Waals surface area (Å²) in [7, 11) is 0. The molecule has 0 fully saturated rings. The van der Waals surface area contributed by atoms with E-state index in [0.717, 1.165) is 6.42 Å². The first-order chi connectivity index (χ1) is 9.23. The standard InChI is InChI=1S/C15H27NO3S/c1-10(2)9-12(5)15(18)19-7-8-20-13(6)14(17)16-11(3)4/h6,10-13H,7-9H2,1-5H3,(H,16,17). The number of nitrogens with one attached hydrogen (secondary N) is 1. The Hall–Kier alpha value is -0.710. The zero-order chi connectivity index (χ0) is 15.7. The monoisotopic (exact) mass is 301 g/mol. The van der Waals surface area contributed by atoms with E-state index in [1.807, 2.05) is 20.8 Å². The van der Waals surface area contributed by atoms with Crippen LogP contribution in [0.5, 0.6) is 0 Å². The third-order valence-corrected chi connectivity index (χ3v) is 3.52. The lowest BCUT2D eigenvalue weighted by molar-refractivity contribution is -0.147. The number of hydrogen-bond acceptors (Lipinski definition) is 4. The molecular formula is C15H27NO3S. The van der Waals surface area contributed by atoms with Gasteiger partial charge in [0.05, 0.1) is 11.2 Å².